The Morgan fingerprint density at radius 1 is 0.727 bits per heavy atom. The van der Waals surface area contributed by atoms with E-state index in [1.165, 1.54) is 12.1 Å². The van der Waals surface area contributed by atoms with Crippen LogP contribution in [0.4, 0.5) is 11.4 Å². The molecule has 0 aliphatic rings. The summed E-state index contributed by atoms with van der Waals surface area (Å²) in [5, 5.41) is 4.66. The lowest BCUT2D eigenvalue weighted by molar-refractivity contribution is -0.116. The first-order valence-electron chi connectivity index (χ1n) is 5.07. The van der Waals surface area contributed by atoms with Crippen molar-refractivity contribution < 1.29 is 9.59 Å². The van der Waals surface area contributed by atoms with Crippen molar-refractivity contribution in [1.82, 2.24) is 0 Å². The normalized spacial score (nSPS) is 12.0. The van der Waals surface area contributed by atoms with E-state index in [2.05, 4.69) is 10.6 Å². The number of hydrogen-bond acceptors (Lipinski definition) is 2. The number of carbonyl (C=O) groups is 2. The highest BCUT2D eigenvalue weighted by Gasteiger charge is 2.33. The van der Waals surface area contributed by atoms with Gasteiger partial charge < -0.3 is 10.6 Å². The molecule has 0 saturated heterocycles. The molecule has 2 N–H and O–H groups in total. The van der Waals surface area contributed by atoms with Crippen LogP contribution in [0.1, 0.15) is 0 Å². The summed E-state index contributed by atoms with van der Waals surface area (Å²) in [5.41, 5.74) is -0.0124. The quantitative estimate of drug-likeness (QED) is 0.555. The van der Waals surface area contributed by atoms with Gasteiger partial charge in [-0.25, -0.2) is 0 Å². The molecule has 0 aliphatic heterocycles. The van der Waals surface area contributed by atoms with E-state index < -0.39 is 19.4 Å². The van der Waals surface area contributed by atoms with Crippen LogP contribution in [0.5, 0.6) is 0 Å². The highest BCUT2D eigenvalue weighted by atomic mass is 35.6. The first-order chi connectivity index (χ1) is 9.82. The monoisotopic (exact) mass is 464 g/mol. The molecule has 0 heterocycles. The van der Waals surface area contributed by atoms with E-state index in [1.54, 1.807) is 0 Å². The summed E-state index contributed by atoms with van der Waals surface area (Å²) in [6.07, 6.45) is 0. The lowest BCUT2D eigenvalue weighted by atomic mass is 10.2. The topological polar surface area (TPSA) is 58.2 Å². The van der Waals surface area contributed by atoms with Crippen molar-refractivity contribution in [2.75, 3.05) is 10.6 Å². The van der Waals surface area contributed by atoms with Crippen LogP contribution in [0.15, 0.2) is 12.1 Å². The zero-order chi connectivity index (χ0) is 17.3. The van der Waals surface area contributed by atoms with E-state index in [0.29, 0.717) is 0 Å². The van der Waals surface area contributed by atoms with Crippen molar-refractivity contribution in [3.63, 3.8) is 0 Å². The molecule has 1 rings (SSSR count). The minimum atomic E-state index is -2.23. The van der Waals surface area contributed by atoms with E-state index in [9.17, 15) is 9.59 Å². The second-order valence-electron chi connectivity index (χ2n) is 3.72. The van der Waals surface area contributed by atoms with Gasteiger partial charge in [0.25, 0.3) is 19.4 Å². The van der Waals surface area contributed by atoms with Gasteiger partial charge in [0.2, 0.25) is 0 Å². The number of rotatable bonds is 2. The summed E-state index contributed by atoms with van der Waals surface area (Å²) in [6.45, 7) is 0. The van der Waals surface area contributed by atoms with E-state index in [-0.39, 0.29) is 21.4 Å². The smallest absolute Gasteiger partial charge is 0.276 e. The van der Waals surface area contributed by atoms with Crippen molar-refractivity contribution in [2.24, 2.45) is 0 Å². The molecule has 1 aromatic carbocycles. The molecule has 0 fully saturated rings. The van der Waals surface area contributed by atoms with Gasteiger partial charge in [-0.05, 0) is 12.1 Å². The Morgan fingerprint density at radius 3 is 1.23 bits per heavy atom. The van der Waals surface area contributed by atoms with Crippen LogP contribution in [0.2, 0.25) is 10.0 Å². The van der Waals surface area contributed by atoms with Crippen LogP contribution in [-0.4, -0.2) is 19.4 Å². The molecular weight excluding hydrogens is 464 g/mol. The van der Waals surface area contributed by atoms with Crippen molar-refractivity contribution in [1.29, 1.82) is 0 Å². The first-order valence-corrected chi connectivity index (χ1v) is 8.10. The maximum absolute atomic E-state index is 11.7. The zero-order valence-electron chi connectivity index (χ0n) is 9.99. The molecule has 0 spiro atoms. The molecule has 2 amide bonds. The molecule has 0 radical (unpaired) electrons. The standard InChI is InChI=1S/C10H4Cl8N2O2/c11-3-1-5(19-7(21)9(13,14)15)6(2-4(3)12)20-8(22)10(16,17)18/h1-2H,(H,19,21)(H,20,22). The Labute approximate surface area is 165 Å². The molecular formula is C10H4Cl8N2O2. The molecule has 0 aliphatic carbocycles. The van der Waals surface area contributed by atoms with Gasteiger partial charge in [0.1, 0.15) is 0 Å². The van der Waals surface area contributed by atoms with Gasteiger partial charge in [0.15, 0.2) is 0 Å². The Morgan fingerprint density at radius 2 is 1.00 bits per heavy atom. The minimum absolute atomic E-state index is 0.00618. The third kappa shape index (κ3) is 5.84. The van der Waals surface area contributed by atoms with Crippen LogP contribution < -0.4 is 10.6 Å². The van der Waals surface area contributed by atoms with Gasteiger partial charge in [-0.2, -0.15) is 0 Å². The molecule has 22 heavy (non-hydrogen) atoms. The average Bonchev–Trinajstić information content (AvgIpc) is 2.32. The third-order valence-electron chi connectivity index (χ3n) is 2.07. The number of hydrogen-bond donors (Lipinski definition) is 2. The fourth-order valence-corrected chi connectivity index (χ4v) is 1.75. The molecule has 0 bridgehead atoms. The van der Waals surface area contributed by atoms with Crippen LogP contribution in [-0.2, 0) is 9.59 Å². The van der Waals surface area contributed by atoms with Gasteiger partial charge in [-0.3, -0.25) is 9.59 Å². The van der Waals surface area contributed by atoms with Crippen molar-refractivity contribution in [2.45, 2.75) is 7.59 Å². The van der Waals surface area contributed by atoms with Crippen LogP contribution >= 0.6 is 92.8 Å². The van der Waals surface area contributed by atoms with E-state index in [4.69, 9.17) is 92.8 Å². The van der Waals surface area contributed by atoms with E-state index in [1.807, 2.05) is 0 Å². The average molecular weight is 468 g/mol. The van der Waals surface area contributed by atoms with E-state index in [0.717, 1.165) is 0 Å². The summed E-state index contributed by atoms with van der Waals surface area (Å²) in [4.78, 5) is 23.4. The number of amides is 2. The van der Waals surface area contributed by atoms with Crippen LogP contribution in [0.25, 0.3) is 0 Å². The molecule has 0 saturated carbocycles. The SMILES string of the molecule is O=C(Nc1cc(Cl)c(Cl)cc1NC(=O)C(Cl)(Cl)Cl)C(Cl)(Cl)Cl. The van der Waals surface area contributed by atoms with Crippen molar-refractivity contribution in [3.05, 3.63) is 22.2 Å². The fraction of sp³-hybridized carbons (Fsp3) is 0.200. The summed E-state index contributed by atoms with van der Waals surface area (Å²) >= 11 is 44.3. The van der Waals surface area contributed by atoms with Gasteiger partial charge in [-0.15, -0.1) is 0 Å². The van der Waals surface area contributed by atoms with Gasteiger partial charge >= 0.3 is 0 Å². The number of anilines is 2. The van der Waals surface area contributed by atoms with Gasteiger partial charge in [-0.1, -0.05) is 92.8 Å². The third-order valence-corrected chi connectivity index (χ3v) is 3.82. The summed E-state index contributed by atoms with van der Waals surface area (Å²) in [5.74, 6) is -1.97. The number of alkyl halides is 6. The fourth-order valence-electron chi connectivity index (χ4n) is 1.14. The van der Waals surface area contributed by atoms with Crippen LogP contribution in [0, 0.1) is 0 Å². The van der Waals surface area contributed by atoms with E-state index >= 15 is 0 Å². The number of nitrogens with one attached hydrogen (secondary N) is 2. The number of halogens is 8. The predicted octanol–water partition coefficient (Wildman–Crippen LogP) is 5.61. The van der Waals surface area contributed by atoms with Gasteiger partial charge in [0, 0.05) is 0 Å². The lowest BCUT2D eigenvalue weighted by Crippen LogP contribution is -2.30. The predicted molar refractivity (Wildman–Crippen MR) is 94.3 cm³/mol. The molecule has 4 nitrogen and oxygen atoms in total. The highest BCUT2D eigenvalue weighted by Crippen LogP contribution is 2.36. The van der Waals surface area contributed by atoms with Crippen molar-refractivity contribution >= 4 is 116 Å². The second kappa shape index (κ2) is 7.58. The van der Waals surface area contributed by atoms with Crippen molar-refractivity contribution in [3.8, 4) is 0 Å². The minimum Gasteiger partial charge on any atom is -0.320 e. The summed E-state index contributed by atoms with van der Waals surface area (Å²) in [6, 6.07) is 2.46. The Kier molecular flexibility index (Phi) is 7.07. The molecule has 12 heteroatoms. The molecule has 122 valence electrons. The summed E-state index contributed by atoms with van der Waals surface area (Å²) in [7, 11) is 0. The van der Waals surface area contributed by atoms with Gasteiger partial charge in [0.05, 0.1) is 21.4 Å². The Hall–Kier alpha value is 0.480. The number of benzene rings is 1. The Balaban J connectivity index is 3.18. The largest absolute Gasteiger partial charge is 0.320 e. The molecule has 0 aromatic heterocycles. The molecule has 0 atom stereocenters. The maximum Gasteiger partial charge on any atom is 0.276 e. The molecule has 1 aromatic rings. The molecule has 0 unspecified atom stereocenters. The highest BCUT2D eigenvalue weighted by molar-refractivity contribution is 6.77. The summed E-state index contributed by atoms with van der Waals surface area (Å²) < 4.78 is -4.47. The Bertz CT molecular complexity index is 555. The lowest BCUT2D eigenvalue weighted by Gasteiger charge is -2.18. The number of carbonyl (C=O) groups excluding carboxylic acids is 2. The maximum atomic E-state index is 11.7. The van der Waals surface area contributed by atoms with Crippen LogP contribution in [0.3, 0.4) is 0 Å². The first kappa shape index (κ1) is 20.5. The second-order valence-corrected chi connectivity index (χ2v) is 9.09. The zero-order valence-corrected chi connectivity index (χ0v) is 16.0.